The molecule has 0 bridgehead atoms. The number of piperidine rings is 1. The molecule has 1 aliphatic rings. The van der Waals surface area contributed by atoms with E-state index in [2.05, 4.69) is 15.4 Å². The Balaban J connectivity index is 1.92. The Morgan fingerprint density at radius 2 is 2.53 bits per heavy atom. The van der Waals surface area contributed by atoms with Gasteiger partial charge < -0.3 is 9.84 Å². The SMILES string of the molecule is CNCC1CCCCN1Cc1ccno1. The summed E-state index contributed by atoms with van der Waals surface area (Å²) in [5.74, 6) is 0.970. The van der Waals surface area contributed by atoms with Gasteiger partial charge in [0.05, 0.1) is 12.7 Å². The third kappa shape index (κ3) is 2.79. The van der Waals surface area contributed by atoms with E-state index in [4.69, 9.17) is 4.52 Å². The lowest BCUT2D eigenvalue weighted by atomic mass is 10.0. The number of hydrogen-bond donors (Lipinski definition) is 1. The predicted molar refractivity (Wildman–Crippen MR) is 58.5 cm³/mol. The van der Waals surface area contributed by atoms with Crippen LogP contribution in [0.4, 0.5) is 0 Å². The quantitative estimate of drug-likeness (QED) is 0.810. The first-order valence-corrected chi connectivity index (χ1v) is 5.68. The molecule has 0 radical (unpaired) electrons. The Morgan fingerprint density at radius 3 is 3.27 bits per heavy atom. The Labute approximate surface area is 90.6 Å². The molecule has 15 heavy (non-hydrogen) atoms. The molecule has 2 rings (SSSR count). The van der Waals surface area contributed by atoms with Crippen LogP contribution in [0.5, 0.6) is 0 Å². The molecule has 2 heterocycles. The summed E-state index contributed by atoms with van der Waals surface area (Å²) in [6.45, 7) is 3.13. The zero-order valence-corrected chi connectivity index (χ0v) is 9.28. The molecule has 0 saturated carbocycles. The molecule has 1 saturated heterocycles. The van der Waals surface area contributed by atoms with Crippen LogP contribution in [0, 0.1) is 0 Å². The molecule has 0 spiro atoms. The number of hydrogen-bond acceptors (Lipinski definition) is 4. The second-order valence-corrected chi connectivity index (χ2v) is 4.16. The first-order chi connectivity index (χ1) is 7.40. The average molecular weight is 209 g/mol. The van der Waals surface area contributed by atoms with Crippen molar-refractivity contribution in [2.75, 3.05) is 20.1 Å². The van der Waals surface area contributed by atoms with E-state index >= 15 is 0 Å². The van der Waals surface area contributed by atoms with Crippen LogP contribution in [0.15, 0.2) is 16.8 Å². The minimum atomic E-state index is 0.647. The highest BCUT2D eigenvalue weighted by Gasteiger charge is 2.22. The van der Waals surface area contributed by atoms with Crippen LogP contribution in [0.3, 0.4) is 0 Å². The highest BCUT2D eigenvalue weighted by molar-refractivity contribution is 4.94. The summed E-state index contributed by atoms with van der Waals surface area (Å²) < 4.78 is 5.15. The smallest absolute Gasteiger partial charge is 0.150 e. The van der Waals surface area contributed by atoms with Crippen molar-refractivity contribution >= 4 is 0 Å². The first-order valence-electron chi connectivity index (χ1n) is 5.68. The summed E-state index contributed by atoms with van der Waals surface area (Å²) in [5.41, 5.74) is 0. The van der Waals surface area contributed by atoms with Gasteiger partial charge in [0.1, 0.15) is 0 Å². The Hall–Kier alpha value is -0.870. The number of nitrogens with one attached hydrogen (secondary N) is 1. The van der Waals surface area contributed by atoms with Gasteiger partial charge in [-0.1, -0.05) is 11.6 Å². The van der Waals surface area contributed by atoms with Crippen molar-refractivity contribution in [2.24, 2.45) is 0 Å². The molecular formula is C11H19N3O. The van der Waals surface area contributed by atoms with Gasteiger partial charge >= 0.3 is 0 Å². The molecule has 84 valence electrons. The average Bonchev–Trinajstić information content (AvgIpc) is 2.74. The molecule has 1 fully saturated rings. The van der Waals surface area contributed by atoms with E-state index in [9.17, 15) is 0 Å². The summed E-state index contributed by atoms with van der Waals surface area (Å²) >= 11 is 0. The minimum Gasteiger partial charge on any atom is -0.360 e. The van der Waals surface area contributed by atoms with E-state index in [1.165, 1.54) is 25.8 Å². The summed E-state index contributed by atoms with van der Waals surface area (Å²) in [6, 6.07) is 2.60. The molecule has 4 heteroatoms. The van der Waals surface area contributed by atoms with Crippen LogP contribution < -0.4 is 5.32 Å². The van der Waals surface area contributed by atoms with Gasteiger partial charge in [0.2, 0.25) is 0 Å². The van der Waals surface area contributed by atoms with Gasteiger partial charge in [0.25, 0.3) is 0 Å². The predicted octanol–water partition coefficient (Wildman–Crippen LogP) is 1.25. The van der Waals surface area contributed by atoms with E-state index in [-0.39, 0.29) is 0 Å². The van der Waals surface area contributed by atoms with Crippen LogP contribution in [-0.4, -0.2) is 36.2 Å². The van der Waals surface area contributed by atoms with Crippen LogP contribution >= 0.6 is 0 Å². The molecule has 0 amide bonds. The van der Waals surface area contributed by atoms with E-state index in [1.54, 1.807) is 6.20 Å². The first kappa shape index (κ1) is 10.6. The lowest BCUT2D eigenvalue weighted by Gasteiger charge is -2.34. The lowest BCUT2D eigenvalue weighted by Crippen LogP contribution is -2.44. The van der Waals surface area contributed by atoms with Crippen molar-refractivity contribution < 1.29 is 4.52 Å². The topological polar surface area (TPSA) is 41.3 Å². The summed E-state index contributed by atoms with van der Waals surface area (Å²) in [7, 11) is 2.02. The molecule has 1 aromatic rings. The molecule has 0 aliphatic carbocycles. The molecule has 1 aromatic heterocycles. The Kier molecular flexibility index (Phi) is 3.75. The second-order valence-electron chi connectivity index (χ2n) is 4.16. The molecule has 1 aliphatic heterocycles. The maximum absolute atomic E-state index is 5.15. The largest absolute Gasteiger partial charge is 0.360 e. The van der Waals surface area contributed by atoms with Crippen molar-refractivity contribution in [2.45, 2.75) is 31.8 Å². The molecule has 1 atom stereocenters. The fourth-order valence-corrected chi connectivity index (χ4v) is 2.26. The van der Waals surface area contributed by atoms with Gasteiger partial charge in [-0.15, -0.1) is 0 Å². The number of likely N-dealkylation sites (tertiary alicyclic amines) is 1. The van der Waals surface area contributed by atoms with Crippen molar-refractivity contribution in [3.05, 3.63) is 18.0 Å². The fraction of sp³-hybridized carbons (Fsp3) is 0.727. The van der Waals surface area contributed by atoms with E-state index in [1.807, 2.05) is 13.1 Å². The highest BCUT2D eigenvalue weighted by Crippen LogP contribution is 2.18. The molecular weight excluding hydrogens is 190 g/mol. The molecule has 1 unspecified atom stereocenters. The number of rotatable bonds is 4. The van der Waals surface area contributed by atoms with E-state index < -0.39 is 0 Å². The van der Waals surface area contributed by atoms with Crippen molar-refractivity contribution in [3.63, 3.8) is 0 Å². The maximum Gasteiger partial charge on any atom is 0.150 e. The lowest BCUT2D eigenvalue weighted by molar-refractivity contribution is 0.126. The zero-order valence-electron chi connectivity index (χ0n) is 9.28. The fourth-order valence-electron chi connectivity index (χ4n) is 2.26. The normalized spacial score (nSPS) is 23.1. The monoisotopic (exact) mass is 209 g/mol. The van der Waals surface area contributed by atoms with Crippen LogP contribution in [0.1, 0.15) is 25.0 Å². The van der Waals surface area contributed by atoms with Gasteiger partial charge in [-0.3, -0.25) is 4.90 Å². The third-order valence-corrected chi connectivity index (χ3v) is 3.04. The van der Waals surface area contributed by atoms with Crippen LogP contribution in [0.25, 0.3) is 0 Å². The summed E-state index contributed by atoms with van der Waals surface area (Å²) in [4.78, 5) is 2.49. The molecule has 4 nitrogen and oxygen atoms in total. The van der Waals surface area contributed by atoms with E-state index in [0.29, 0.717) is 6.04 Å². The van der Waals surface area contributed by atoms with Crippen LogP contribution in [0.2, 0.25) is 0 Å². The van der Waals surface area contributed by atoms with Crippen molar-refractivity contribution in [1.82, 2.24) is 15.4 Å². The zero-order chi connectivity index (χ0) is 10.5. The highest BCUT2D eigenvalue weighted by atomic mass is 16.5. The van der Waals surface area contributed by atoms with Crippen molar-refractivity contribution in [1.29, 1.82) is 0 Å². The number of nitrogens with zero attached hydrogens (tertiary/aromatic N) is 2. The summed E-state index contributed by atoms with van der Waals surface area (Å²) in [5, 5.41) is 7.00. The maximum atomic E-state index is 5.15. The van der Waals surface area contributed by atoms with E-state index in [0.717, 1.165) is 18.8 Å². The van der Waals surface area contributed by atoms with Crippen LogP contribution in [-0.2, 0) is 6.54 Å². The third-order valence-electron chi connectivity index (χ3n) is 3.04. The second kappa shape index (κ2) is 5.28. The Bertz CT molecular complexity index is 271. The van der Waals surface area contributed by atoms with Gasteiger partial charge in [0, 0.05) is 18.7 Å². The minimum absolute atomic E-state index is 0.647. The van der Waals surface area contributed by atoms with Crippen molar-refractivity contribution in [3.8, 4) is 0 Å². The standard InChI is InChI=1S/C11H19N3O/c1-12-8-10-4-2-3-7-14(10)9-11-5-6-13-15-11/h5-6,10,12H,2-4,7-9H2,1H3. The molecule has 1 N–H and O–H groups in total. The van der Waals surface area contributed by atoms with Gasteiger partial charge in [-0.25, -0.2) is 0 Å². The number of likely N-dealkylation sites (N-methyl/N-ethyl adjacent to an activating group) is 1. The number of aromatic nitrogens is 1. The summed E-state index contributed by atoms with van der Waals surface area (Å²) in [6.07, 6.45) is 5.65. The van der Waals surface area contributed by atoms with Gasteiger partial charge in [-0.05, 0) is 26.4 Å². The Morgan fingerprint density at radius 1 is 1.60 bits per heavy atom. The van der Waals surface area contributed by atoms with Gasteiger partial charge in [0.15, 0.2) is 5.76 Å². The molecule has 0 aromatic carbocycles. The van der Waals surface area contributed by atoms with Gasteiger partial charge in [-0.2, -0.15) is 0 Å².